The number of rotatable bonds is 8. The number of hydrogen-bond acceptors (Lipinski definition) is 5. The Hall–Kier alpha value is -3.64. The Morgan fingerprint density at radius 1 is 1.06 bits per heavy atom. The van der Waals surface area contributed by atoms with Crippen LogP contribution in [0.25, 0.3) is 6.08 Å². The molecule has 0 bridgehead atoms. The van der Waals surface area contributed by atoms with E-state index in [4.69, 9.17) is 25.8 Å². The number of halogens is 2. The average Bonchev–Trinajstić information content (AvgIpc) is 3.17. The van der Waals surface area contributed by atoms with Gasteiger partial charge < -0.3 is 14.2 Å². The minimum Gasteiger partial charge on any atom is -0.490 e. The summed E-state index contributed by atoms with van der Waals surface area (Å²) in [5.41, 5.74) is 2.20. The Bertz CT molecular complexity index is 1220. The van der Waals surface area contributed by atoms with E-state index >= 15 is 0 Å². The molecule has 0 spiro atoms. The smallest absolute Gasteiger partial charge is 0.363 e. The minimum atomic E-state index is -0.633. The van der Waals surface area contributed by atoms with Crippen LogP contribution in [0.3, 0.4) is 0 Å². The number of nitrogens with zero attached hydrogens (tertiary/aromatic N) is 1. The standard InChI is InChI=1S/C26H21ClFNO4/c1-2-31-23-15-18(13-21(27)24(23)32-12-11-17-7-4-3-5-8-17)14-22-26(30)33-25(29-22)19-9-6-10-20(28)16-19/h3-10,13-16H,2,11-12H2,1H3/b22-14-. The quantitative estimate of drug-likeness (QED) is 0.309. The van der Waals surface area contributed by atoms with E-state index in [-0.39, 0.29) is 11.6 Å². The van der Waals surface area contributed by atoms with E-state index < -0.39 is 11.8 Å². The summed E-state index contributed by atoms with van der Waals surface area (Å²) in [7, 11) is 0. The Kier molecular flexibility index (Phi) is 7.05. The van der Waals surface area contributed by atoms with Gasteiger partial charge in [0.2, 0.25) is 5.90 Å². The fraction of sp³-hybridized carbons (Fsp3) is 0.154. The molecule has 0 N–H and O–H groups in total. The first-order valence-corrected chi connectivity index (χ1v) is 10.8. The van der Waals surface area contributed by atoms with Crippen molar-refractivity contribution >= 4 is 29.5 Å². The van der Waals surface area contributed by atoms with Crippen molar-refractivity contribution in [3.8, 4) is 11.5 Å². The van der Waals surface area contributed by atoms with Crippen molar-refractivity contribution in [1.29, 1.82) is 0 Å². The molecule has 0 aromatic heterocycles. The summed E-state index contributed by atoms with van der Waals surface area (Å²) >= 11 is 6.49. The fourth-order valence-corrected chi connectivity index (χ4v) is 3.58. The molecule has 5 nitrogen and oxygen atoms in total. The Balaban J connectivity index is 1.56. The number of benzene rings is 3. The zero-order chi connectivity index (χ0) is 23.2. The molecule has 0 aliphatic carbocycles. The van der Waals surface area contributed by atoms with Crippen LogP contribution in [0, 0.1) is 5.82 Å². The molecule has 3 aromatic carbocycles. The minimum absolute atomic E-state index is 0.0442. The van der Waals surface area contributed by atoms with Gasteiger partial charge >= 0.3 is 5.97 Å². The first-order chi connectivity index (χ1) is 16.0. The van der Waals surface area contributed by atoms with Crippen molar-refractivity contribution in [2.45, 2.75) is 13.3 Å². The second-order valence-electron chi connectivity index (χ2n) is 7.19. The molecule has 0 fully saturated rings. The Morgan fingerprint density at radius 2 is 1.88 bits per heavy atom. The van der Waals surface area contributed by atoms with Crippen LogP contribution in [-0.4, -0.2) is 25.1 Å². The lowest BCUT2D eigenvalue weighted by molar-refractivity contribution is -0.129. The van der Waals surface area contributed by atoms with Gasteiger partial charge in [0.05, 0.1) is 18.2 Å². The van der Waals surface area contributed by atoms with E-state index in [2.05, 4.69) is 4.99 Å². The van der Waals surface area contributed by atoms with E-state index in [0.29, 0.717) is 40.9 Å². The number of esters is 1. The maximum atomic E-state index is 13.5. The predicted molar refractivity (Wildman–Crippen MR) is 125 cm³/mol. The maximum absolute atomic E-state index is 13.5. The molecule has 7 heteroatoms. The Labute approximate surface area is 196 Å². The summed E-state index contributed by atoms with van der Waals surface area (Å²) in [6.45, 7) is 2.70. The summed E-state index contributed by atoms with van der Waals surface area (Å²) in [6, 6.07) is 19.1. The molecule has 168 valence electrons. The van der Waals surface area contributed by atoms with Gasteiger partial charge in [-0.1, -0.05) is 48.0 Å². The van der Waals surface area contributed by atoms with E-state index in [1.54, 1.807) is 18.2 Å². The zero-order valence-electron chi connectivity index (χ0n) is 17.9. The summed E-state index contributed by atoms with van der Waals surface area (Å²) in [6.07, 6.45) is 2.26. The van der Waals surface area contributed by atoms with Gasteiger partial charge in [0.1, 0.15) is 5.82 Å². The fourth-order valence-electron chi connectivity index (χ4n) is 3.30. The van der Waals surface area contributed by atoms with Crippen molar-refractivity contribution in [3.05, 3.63) is 100.0 Å². The van der Waals surface area contributed by atoms with Gasteiger partial charge in [-0.15, -0.1) is 0 Å². The van der Waals surface area contributed by atoms with Gasteiger partial charge in [-0.05, 0) is 54.5 Å². The summed E-state index contributed by atoms with van der Waals surface area (Å²) in [4.78, 5) is 16.5. The largest absolute Gasteiger partial charge is 0.490 e. The topological polar surface area (TPSA) is 57.1 Å². The highest BCUT2D eigenvalue weighted by molar-refractivity contribution is 6.32. The van der Waals surface area contributed by atoms with Gasteiger partial charge in [-0.3, -0.25) is 0 Å². The molecule has 1 aliphatic rings. The van der Waals surface area contributed by atoms with Crippen LogP contribution in [-0.2, 0) is 16.0 Å². The molecule has 0 amide bonds. The summed E-state index contributed by atoms with van der Waals surface area (Å²) in [5.74, 6) is -0.130. The number of cyclic esters (lactones) is 1. The summed E-state index contributed by atoms with van der Waals surface area (Å²) < 4.78 is 30.3. The lowest BCUT2D eigenvalue weighted by Crippen LogP contribution is -2.05. The van der Waals surface area contributed by atoms with Gasteiger partial charge in [0.15, 0.2) is 17.2 Å². The normalized spacial score (nSPS) is 14.2. The average molecular weight is 466 g/mol. The molecule has 0 saturated carbocycles. The van der Waals surface area contributed by atoms with Crippen LogP contribution in [0.2, 0.25) is 5.02 Å². The third-order valence-corrected chi connectivity index (χ3v) is 5.09. The molecule has 3 aromatic rings. The van der Waals surface area contributed by atoms with Crippen LogP contribution < -0.4 is 9.47 Å². The van der Waals surface area contributed by atoms with Crippen LogP contribution in [0.5, 0.6) is 11.5 Å². The van der Waals surface area contributed by atoms with Crippen molar-refractivity contribution in [1.82, 2.24) is 0 Å². The molecule has 0 saturated heterocycles. The van der Waals surface area contributed by atoms with Gasteiger partial charge in [0, 0.05) is 12.0 Å². The van der Waals surface area contributed by atoms with Crippen LogP contribution in [0.4, 0.5) is 4.39 Å². The van der Waals surface area contributed by atoms with Crippen LogP contribution >= 0.6 is 11.6 Å². The molecule has 33 heavy (non-hydrogen) atoms. The van der Waals surface area contributed by atoms with E-state index in [0.717, 1.165) is 12.0 Å². The molecule has 4 rings (SSSR count). The summed E-state index contributed by atoms with van der Waals surface area (Å²) in [5, 5.41) is 0.349. The number of ether oxygens (including phenoxy) is 3. The molecular weight excluding hydrogens is 445 g/mol. The molecule has 0 unspecified atom stereocenters. The van der Waals surface area contributed by atoms with E-state index in [1.165, 1.54) is 24.3 Å². The monoisotopic (exact) mass is 465 g/mol. The first-order valence-electron chi connectivity index (χ1n) is 10.4. The third-order valence-electron chi connectivity index (χ3n) is 4.81. The lowest BCUT2D eigenvalue weighted by atomic mass is 10.1. The molecule has 1 heterocycles. The lowest BCUT2D eigenvalue weighted by Gasteiger charge is -2.14. The highest BCUT2D eigenvalue weighted by atomic mass is 35.5. The third kappa shape index (κ3) is 5.59. The van der Waals surface area contributed by atoms with Gasteiger partial charge in [-0.2, -0.15) is 0 Å². The van der Waals surface area contributed by atoms with Gasteiger partial charge in [-0.25, -0.2) is 14.2 Å². The number of carbonyl (C=O) groups is 1. The highest BCUT2D eigenvalue weighted by Gasteiger charge is 2.25. The van der Waals surface area contributed by atoms with Crippen molar-refractivity contribution in [3.63, 3.8) is 0 Å². The maximum Gasteiger partial charge on any atom is 0.363 e. The van der Waals surface area contributed by atoms with Crippen LogP contribution in [0.15, 0.2) is 77.4 Å². The SMILES string of the molecule is CCOc1cc(/C=C2\N=C(c3cccc(F)c3)OC2=O)cc(Cl)c1OCCc1ccccc1. The molecule has 0 radical (unpaired) electrons. The van der Waals surface area contributed by atoms with Crippen molar-refractivity contribution in [2.24, 2.45) is 4.99 Å². The number of aliphatic imine (C=N–C) groups is 1. The second-order valence-corrected chi connectivity index (χ2v) is 7.60. The molecule has 1 aliphatic heterocycles. The number of hydrogen-bond donors (Lipinski definition) is 0. The molecular formula is C26H21ClFNO4. The zero-order valence-corrected chi connectivity index (χ0v) is 18.6. The van der Waals surface area contributed by atoms with E-state index in [9.17, 15) is 9.18 Å². The molecule has 0 atom stereocenters. The van der Waals surface area contributed by atoms with Crippen molar-refractivity contribution < 1.29 is 23.4 Å². The van der Waals surface area contributed by atoms with Crippen molar-refractivity contribution in [2.75, 3.05) is 13.2 Å². The van der Waals surface area contributed by atoms with E-state index in [1.807, 2.05) is 37.3 Å². The second kappa shape index (κ2) is 10.3. The highest BCUT2D eigenvalue weighted by Crippen LogP contribution is 2.37. The number of carbonyl (C=O) groups excluding carboxylic acids is 1. The Morgan fingerprint density at radius 3 is 2.64 bits per heavy atom. The van der Waals surface area contributed by atoms with Gasteiger partial charge in [0.25, 0.3) is 0 Å². The predicted octanol–water partition coefficient (Wildman–Crippen LogP) is 5.84. The van der Waals surface area contributed by atoms with Crippen LogP contribution in [0.1, 0.15) is 23.6 Å². The first kappa shape index (κ1) is 22.6.